The van der Waals surface area contributed by atoms with Gasteiger partial charge in [-0.05, 0) is 31.2 Å². The number of ether oxygens (including phenoxy) is 1. The molecule has 1 aromatic carbocycles. The Kier molecular flexibility index (Phi) is 6.52. The third kappa shape index (κ3) is 4.50. The van der Waals surface area contributed by atoms with Crippen molar-refractivity contribution < 1.29 is 23.9 Å². The molecule has 2 aliphatic rings. The van der Waals surface area contributed by atoms with Crippen molar-refractivity contribution >= 4 is 23.8 Å². The van der Waals surface area contributed by atoms with Crippen molar-refractivity contribution in [2.45, 2.75) is 51.3 Å². The number of nitrogens with one attached hydrogen (secondary N) is 1. The van der Waals surface area contributed by atoms with E-state index in [1.54, 1.807) is 20.8 Å². The van der Waals surface area contributed by atoms with E-state index in [0.717, 1.165) is 5.56 Å². The van der Waals surface area contributed by atoms with E-state index in [0.29, 0.717) is 19.4 Å². The van der Waals surface area contributed by atoms with Gasteiger partial charge in [-0.1, -0.05) is 44.2 Å². The van der Waals surface area contributed by atoms with E-state index in [1.807, 2.05) is 30.3 Å². The number of benzene rings is 1. The van der Waals surface area contributed by atoms with Crippen molar-refractivity contribution in [1.82, 2.24) is 15.1 Å². The Morgan fingerprint density at radius 3 is 2.45 bits per heavy atom. The summed E-state index contributed by atoms with van der Waals surface area (Å²) in [5, 5.41) is 2.58. The van der Waals surface area contributed by atoms with Crippen LogP contribution in [0.1, 0.15) is 45.3 Å². The van der Waals surface area contributed by atoms with E-state index in [4.69, 9.17) is 10.5 Å². The first-order valence-electron chi connectivity index (χ1n) is 10.6. The summed E-state index contributed by atoms with van der Waals surface area (Å²) in [4.78, 5) is 52.4. The van der Waals surface area contributed by atoms with E-state index in [1.165, 1.54) is 9.80 Å². The van der Waals surface area contributed by atoms with E-state index in [-0.39, 0.29) is 24.9 Å². The standard InChI is InChI=1S/C22H30N4O5/c1-14(2)18(19(23)28)24-17(27)12-25-13-22(20(25)29)10-7-11-26(22)21(30)31-15(3)16-8-5-4-6-9-16/h4-6,8-9,14-15,18H,7,10-13H2,1-3H3,(H2,23,28)(H,24,27)/t15?,18-,22?/m0/s1. The molecule has 1 spiro atoms. The Labute approximate surface area is 181 Å². The Hall–Kier alpha value is -3.10. The lowest BCUT2D eigenvalue weighted by atomic mass is 9.85. The molecular weight excluding hydrogens is 400 g/mol. The fourth-order valence-corrected chi connectivity index (χ4v) is 4.28. The highest BCUT2D eigenvalue weighted by molar-refractivity contribution is 5.99. The predicted molar refractivity (Wildman–Crippen MR) is 113 cm³/mol. The number of hydrogen-bond acceptors (Lipinski definition) is 5. The summed E-state index contributed by atoms with van der Waals surface area (Å²) in [6, 6.07) is 8.59. The summed E-state index contributed by atoms with van der Waals surface area (Å²) in [5.41, 5.74) is 5.25. The Bertz CT molecular complexity index is 859. The van der Waals surface area contributed by atoms with Crippen LogP contribution in [-0.2, 0) is 19.1 Å². The second-order valence-electron chi connectivity index (χ2n) is 8.58. The fourth-order valence-electron chi connectivity index (χ4n) is 4.28. The number of β-lactam (4-membered cyclic amide) rings is 1. The lowest BCUT2D eigenvalue weighted by molar-refractivity contribution is -0.162. The van der Waals surface area contributed by atoms with Gasteiger partial charge >= 0.3 is 6.09 Å². The smallest absolute Gasteiger partial charge is 0.411 e. The summed E-state index contributed by atoms with van der Waals surface area (Å²) < 4.78 is 5.61. The molecule has 0 aliphatic carbocycles. The summed E-state index contributed by atoms with van der Waals surface area (Å²) >= 11 is 0. The minimum atomic E-state index is -0.949. The highest BCUT2D eigenvalue weighted by Crippen LogP contribution is 2.39. The van der Waals surface area contributed by atoms with Gasteiger partial charge in [-0.15, -0.1) is 0 Å². The second kappa shape index (κ2) is 8.95. The first-order valence-corrected chi connectivity index (χ1v) is 10.6. The minimum Gasteiger partial charge on any atom is -0.441 e. The van der Waals surface area contributed by atoms with Crippen molar-refractivity contribution in [3.63, 3.8) is 0 Å². The number of amides is 4. The predicted octanol–water partition coefficient (Wildman–Crippen LogP) is 1.19. The van der Waals surface area contributed by atoms with Crippen LogP contribution < -0.4 is 11.1 Å². The molecule has 3 rings (SSSR count). The molecule has 2 heterocycles. The molecule has 31 heavy (non-hydrogen) atoms. The van der Waals surface area contributed by atoms with Gasteiger partial charge in [-0.2, -0.15) is 0 Å². The van der Waals surface area contributed by atoms with Crippen LogP contribution >= 0.6 is 0 Å². The largest absolute Gasteiger partial charge is 0.441 e. The summed E-state index contributed by atoms with van der Waals surface area (Å²) in [5.74, 6) is -1.51. The van der Waals surface area contributed by atoms with Gasteiger partial charge in [0.2, 0.25) is 11.8 Å². The molecule has 3 atom stereocenters. The fraction of sp³-hybridized carbons (Fsp3) is 0.545. The number of nitrogens with zero attached hydrogens (tertiary/aromatic N) is 2. The maximum Gasteiger partial charge on any atom is 0.411 e. The average Bonchev–Trinajstić information content (AvgIpc) is 3.18. The summed E-state index contributed by atoms with van der Waals surface area (Å²) in [6.45, 7) is 5.86. The Balaban J connectivity index is 1.59. The molecule has 3 N–H and O–H groups in total. The van der Waals surface area contributed by atoms with Crippen LogP contribution in [0, 0.1) is 5.92 Å². The highest BCUT2D eigenvalue weighted by atomic mass is 16.6. The molecule has 2 fully saturated rings. The zero-order valence-electron chi connectivity index (χ0n) is 18.2. The molecule has 168 valence electrons. The average molecular weight is 431 g/mol. The first-order chi connectivity index (χ1) is 14.7. The van der Waals surface area contributed by atoms with E-state index < -0.39 is 35.6 Å². The van der Waals surface area contributed by atoms with E-state index in [9.17, 15) is 19.2 Å². The summed E-state index contributed by atoms with van der Waals surface area (Å²) in [6.07, 6.45) is 0.261. The van der Waals surface area contributed by atoms with E-state index in [2.05, 4.69) is 5.32 Å². The maximum atomic E-state index is 13.0. The van der Waals surface area contributed by atoms with Gasteiger partial charge in [0, 0.05) is 6.54 Å². The molecule has 2 unspecified atom stereocenters. The number of carbonyl (C=O) groups excluding carboxylic acids is 4. The molecule has 0 aromatic heterocycles. The maximum absolute atomic E-state index is 13.0. The lowest BCUT2D eigenvalue weighted by Crippen LogP contribution is -2.73. The zero-order valence-corrected chi connectivity index (χ0v) is 18.2. The van der Waals surface area contributed by atoms with Gasteiger partial charge in [-0.25, -0.2) is 4.79 Å². The second-order valence-corrected chi connectivity index (χ2v) is 8.58. The van der Waals surface area contributed by atoms with Gasteiger partial charge < -0.3 is 20.7 Å². The number of likely N-dealkylation sites (tertiary alicyclic amines) is 2. The number of nitrogens with two attached hydrogens (primary N) is 1. The van der Waals surface area contributed by atoms with Crippen molar-refractivity contribution in [2.24, 2.45) is 11.7 Å². The molecule has 0 bridgehead atoms. The van der Waals surface area contributed by atoms with Crippen LogP contribution in [0.4, 0.5) is 4.79 Å². The topological polar surface area (TPSA) is 122 Å². The van der Waals surface area contributed by atoms with Crippen molar-refractivity contribution in [3.8, 4) is 0 Å². The van der Waals surface area contributed by atoms with Crippen molar-refractivity contribution in [2.75, 3.05) is 19.6 Å². The van der Waals surface area contributed by atoms with Crippen LogP contribution in [0.25, 0.3) is 0 Å². The SMILES string of the molecule is CC(OC(=O)N1CCCC12CN(CC(=O)N[C@H](C(N)=O)C(C)C)C2=O)c1ccccc1. The number of hydrogen-bond donors (Lipinski definition) is 2. The van der Waals surface area contributed by atoms with Crippen LogP contribution in [-0.4, -0.2) is 64.8 Å². The van der Waals surface area contributed by atoms with Gasteiger partial charge in [0.15, 0.2) is 0 Å². The summed E-state index contributed by atoms with van der Waals surface area (Å²) in [7, 11) is 0. The Morgan fingerprint density at radius 1 is 1.19 bits per heavy atom. The minimum absolute atomic E-state index is 0.161. The molecule has 1 aromatic rings. The lowest BCUT2D eigenvalue weighted by Gasteiger charge is -2.50. The molecule has 9 heteroatoms. The monoisotopic (exact) mass is 430 g/mol. The van der Waals surface area contributed by atoms with E-state index >= 15 is 0 Å². The van der Waals surface area contributed by atoms with Crippen LogP contribution in [0.5, 0.6) is 0 Å². The highest BCUT2D eigenvalue weighted by Gasteiger charge is 2.60. The number of rotatable bonds is 7. The zero-order chi connectivity index (χ0) is 22.8. The van der Waals surface area contributed by atoms with Crippen molar-refractivity contribution in [3.05, 3.63) is 35.9 Å². The van der Waals surface area contributed by atoms with Gasteiger partial charge in [0.05, 0.1) is 13.1 Å². The molecule has 2 aliphatic heterocycles. The molecule has 9 nitrogen and oxygen atoms in total. The molecule has 0 saturated carbocycles. The number of carbonyl (C=O) groups is 4. The van der Waals surface area contributed by atoms with Gasteiger partial charge in [-0.3, -0.25) is 19.3 Å². The van der Waals surface area contributed by atoms with Crippen molar-refractivity contribution in [1.29, 1.82) is 0 Å². The van der Waals surface area contributed by atoms with Crippen LogP contribution in [0.15, 0.2) is 30.3 Å². The molecule has 0 radical (unpaired) electrons. The van der Waals surface area contributed by atoms with Crippen LogP contribution in [0.2, 0.25) is 0 Å². The number of primary amides is 1. The molecule has 4 amide bonds. The molecule has 2 saturated heterocycles. The van der Waals surface area contributed by atoms with Gasteiger partial charge in [0.25, 0.3) is 5.91 Å². The third-order valence-corrected chi connectivity index (χ3v) is 6.02. The first kappa shape index (κ1) is 22.6. The molecular formula is C22H30N4O5. The Morgan fingerprint density at radius 2 is 1.87 bits per heavy atom. The van der Waals surface area contributed by atoms with Gasteiger partial charge in [0.1, 0.15) is 17.7 Å². The normalized spacial score (nSPS) is 22.3. The third-order valence-electron chi connectivity index (χ3n) is 6.02. The van der Waals surface area contributed by atoms with Crippen LogP contribution in [0.3, 0.4) is 0 Å². The quantitative estimate of drug-likeness (QED) is 0.629.